The molecule has 3 fully saturated rings. The van der Waals surface area contributed by atoms with E-state index in [1.54, 1.807) is 12.1 Å². The zero-order valence-electron chi connectivity index (χ0n) is 18.9. The van der Waals surface area contributed by atoms with E-state index in [0.717, 1.165) is 89.1 Å². The highest BCUT2D eigenvalue weighted by Gasteiger charge is 2.51. The fraction of sp³-hybridized carbons (Fsp3) is 0.773. The zero-order valence-corrected chi connectivity index (χ0v) is 21.3. The number of nitrogens with zero attached hydrogens (tertiary/aromatic N) is 1. The maximum absolute atomic E-state index is 13.0. The highest BCUT2D eigenvalue weighted by Crippen LogP contribution is 2.50. The summed E-state index contributed by atoms with van der Waals surface area (Å²) in [5.74, 6) is 0.262. The number of hydrogen-bond donors (Lipinski definition) is 2. The van der Waals surface area contributed by atoms with E-state index in [4.69, 9.17) is 21.1 Å². The molecular weight excluding hydrogens is 486 g/mol. The summed E-state index contributed by atoms with van der Waals surface area (Å²) >= 11 is 7.03. The lowest BCUT2D eigenvalue weighted by Gasteiger charge is -2.35. The van der Waals surface area contributed by atoms with Crippen molar-refractivity contribution in [2.75, 3.05) is 46.0 Å². The van der Waals surface area contributed by atoms with Gasteiger partial charge >= 0.3 is 6.09 Å². The Morgan fingerprint density at radius 2 is 2.06 bits per heavy atom. The molecule has 1 aromatic heterocycles. The molecule has 2 aliphatic carbocycles. The van der Waals surface area contributed by atoms with Crippen LogP contribution < -0.4 is 10.0 Å². The van der Waals surface area contributed by atoms with Crippen LogP contribution in [0.1, 0.15) is 44.9 Å². The van der Waals surface area contributed by atoms with Gasteiger partial charge in [-0.05, 0) is 56.7 Å². The Bertz CT molecular complexity index is 906. The number of rotatable bonds is 9. The third kappa shape index (κ3) is 6.41. The van der Waals surface area contributed by atoms with E-state index in [0.29, 0.717) is 10.9 Å². The standard InChI is InChI=1S/C22H34ClN3O5S2/c23-18-5-6-19(32-18)33(28,29)25-20-17-4-1-2-8-22(20,9-7-17)16-31-21(27)24-10-3-11-26-12-14-30-15-13-26/h5-6,17,20,25H,1-4,7-16H2,(H,24,27). The molecule has 3 atom stereocenters. The summed E-state index contributed by atoms with van der Waals surface area (Å²) in [4.78, 5) is 14.7. The second-order valence-electron chi connectivity index (χ2n) is 9.37. The van der Waals surface area contributed by atoms with Crippen LogP contribution in [0.4, 0.5) is 4.79 Å². The van der Waals surface area contributed by atoms with E-state index in [2.05, 4.69) is 14.9 Å². The van der Waals surface area contributed by atoms with E-state index in [9.17, 15) is 13.2 Å². The van der Waals surface area contributed by atoms with E-state index in [1.165, 1.54) is 0 Å². The van der Waals surface area contributed by atoms with Gasteiger partial charge < -0.3 is 14.8 Å². The molecule has 0 spiro atoms. The van der Waals surface area contributed by atoms with Crippen LogP contribution in [0.25, 0.3) is 0 Å². The first kappa shape index (κ1) is 25.2. The number of hydrogen-bond acceptors (Lipinski definition) is 7. The number of carbonyl (C=O) groups excluding carboxylic acids is 1. The summed E-state index contributed by atoms with van der Waals surface area (Å²) < 4.78 is 40.7. The maximum Gasteiger partial charge on any atom is 0.407 e. The number of halogens is 1. The Labute approximate surface area is 205 Å². The quantitative estimate of drug-likeness (QED) is 0.485. The van der Waals surface area contributed by atoms with E-state index >= 15 is 0 Å². The van der Waals surface area contributed by atoms with Gasteiger partial charge in [0.1, 0.15) is 10.8 Å². The fourth-order valence-corrected chi connectivity index (χ4v) is 8.38. The van der Waals surface area contributed by atoms with E-state index in [-0.39, 0.29) is 28.2 Å². The first-order chi connectivity index (χ1) is 15.9. The molecule has 186 valence electrons. The second kappa shape index (κ2) is 11.2. The molecule has 33 heavy (non-hydrogen) atoms. The van der Waals surface area contributed by atoms with Gasteiger partial charge in [0, 0.05) is 31.1 Å². The van der Waals surface area contributed by atoms with Crippen LogP contribution in [0.15, 0.2) is 16.3 Å². The van der Waals surface area contributed by atoms with Crippen LogP contribution >= 0.6 is 22.9 Å². The average molecular weight is 520 g/mol. The number of alkyl carbamates (subject to hydrolysis) is 1. The number of ether oxygens (including phenoxy) is 2. The highest BCUT2D eigenvalue weighted by atomic mass is 35.5. The molecule has 0 radical (unpaired) electrons. The normalized spacial score (nSPS) is 28.4. The molecule has 3 aliphatic rings. The van der Waals surface area contributed by atoms with Crippen LogP contribution in [0.3, 0.4) is 0 Å². The molecule has 2 heterocycles. The van der Waals surface area contributed by atoms with Crippen LogP contribution in [0.2, 0.25) is 4.34 Å². The summed E-state index contributed by atoms with van der Waals surface area (Å²) in [6, 6.07) is 2.91. The number of amides is 1. The summed E-state index contributed by atoms with van der Waals surface area (Å²) in [5, 5.41) is 2.85. The molecule has 2 bridgehead atoms. The molecule has 3 unspecified atom stereocenters. The molecule has 11 heteroatoms. The number of thiophene rings is 1. The Hall–Kier alpha value is -0.910. The third-order valence-electron chi connectivity index (χ3n) is 7.25. The zero-order chi connectivity index (χ0) is 23.3. The first-order valence-corrected chi connectivity index (χ1v) is 14.5. The lowest BCUT2D eigenvalue weighted by Crippen LogP contribution is -2.49. The van der Waals surface area contributed by atoms with Crippen LogP contribution in [-0.2, 0) is 19.5 Å². The maximum atomic E-state index is 13.0. The topological polar surface area (TPSA) is 97.0 Å². The fourth-order valence-electron chi connectivity index (χ4n) is 5.47. The van der Waals surface area contributed by atoms with Crippen molar-refractivity contribution in [2.24, 2.45) is 11.3 Å². The number of carbonyl (C=O) groups is 1. The van der Waals surface area contributed by atoms with Gasteiger partial charge in [-0.3, -0.25) is 4.90 Å². The van der Waals surface area contributed by atoms with Gasteiger partial charge in [0.25, 0.3) is 0 Å². The molecular formula is C22H34ClN3O5S2. The molecule has 0 aromatic carbocycles. The average Bonchev–Trinajstić information content (AvgIpc) is 3.32. The van der Waals surface area contributed by atoms with Gasteiger partial charge in [-0.25, -0.2) is 17.9 Å². The van der Waals surface area contributed by atoms with Crippen molar-refractivity contribution >= 4 is 39.1 Å². The van der Waals surface area contributed by atoms with Gasteiger partial charge in [0.2, 0.25) is 10.0 Å². The van der Waals surface area contributed by atoms with Crippen LogP contribution in [-0.4, -0.2) is 71.5 Å². The lowest BCUT2D eigenvalue weighted by molar-refractivity contribution is 0.0371. The minimum atomic E-state index is -3.67. The predicted octanol–water partition coefficient (Wildman–Crippen LogP) is 3.47. The molecule has 4 rings (SSSR count). The predicted molar refractivity (Wildman–Crippen MR) is 128 cm³/mol. The molecule has 8 nitrogen and oxygen atoms in total. The summed E-state index contributed by atoms with van der Waals surface area (Å²) in [6.07, 6.45) is 6.18. The van der Waals surface area contributed by atoms with Crippen molar-refractivity contribution in [3.05, 3.63) is 16.5 Å². The van der Waals surface area contributed by atoms with Gasteiger partial charge in [-0.2, -0.15) is 0 Å². The molecule has 1 aromatic rings. The first-order valence-electron chi connectivity index (χ1n) is 11.9. The number of nitrogens with one attached hydrogen (secondary N) is 2. The molecule has 2 N–H and O–H groups in total. The number of fused-ring (bicyclic) bond motifs is 2. The number of morpholine rings is 1. The van der Waals surface area contributed by atoms with Crippen molar-refractivity contribution < 1.29 is 22.7 Å². The Morgan fingerprint density at radius 1 is 1.24 bits per heavy atom. The number of sulfonamides is 1. The molecule has 1 aliphatic heterocycles. The van der Waals surface area contributed by atoms with E-state index in [1.807, 2.05) is 0 Å². The Kier molecular flexibility index (Phi) is 8.56. The Balaban J connectivity index is 1.31. The highest BCUT2D eigenvalue weighted by molar-refractivity contribution is 7.91. The van der Waals surface area contributed by atoms with Crippen LogP contribution in [0.5, 0.6) is 0 Å². The van der Waals surface area contributed by atoms with Crippen LogP contribution in [0, 0.1) is 11.3 Å². The monoisotopic (exact) mass is 519 g/mol. The van der Waals surface area contributed by atoms with Gasteiger partial charge in [-0.15, -0.1) is 11.3 Å². The van der Waals surface area contributed by atoms with Gasteiger partial charge in [-0.1, -0.05) is 24.4 Å². The summed E-state index contributed by atoms with van der Waals surface area (Å²) in [5.41, 5.74) is -0.361. The van der Waals surface area contributed by atoms with Crippen molar-refractivity contribution in [3.63, 3.8) is 0 Å². The van der Waals surface area contributed by atoms with Crippen molar-refractivity contribution in [2.45, 2.75) is 55.2 Å². The molecule has 2 saturated carbocycles. The SMILES string of the molecule is O=C(NCCCN1CCOCC1)OCC12CCCCC(CC1)C2NS(=O)(=O)c1ccc(Cl)s1. The molecule has 1 saturated heterocycles. The largest absolute Gasteiger partial charge is 0.449 e. The summed E-state index contributed by atoms with van der Waals surface area (Å²) in [6.45, 7) is 5.11. The van der Waals surface area contributed by atoms with Crippen molar-refractivity contribution in [1.82, 2.24) is 14.9 Å². The van der Waals surface area contributed by atoms with Crippen molar-refractivity contribution in [1.29, 1.82) is 0 Å². The Morgan fingerprint density at radius 3 is 2.82 bits per heavy atom. The van der Waals surface area contributed by atoms with Gasteiger partial charge in [0.05, 0.1) is 17.6 Å². The minimum Gasteiger partial charge on any atom is -0.449 e. The third-order valence-corrected chi connectivity index (χ3v) is 10.4. The lowest BCUT2D eigenvalue weighted by atomic mass is 9.79. The smallest absolute Gasteiger partial charge is 0.407 e. The van der Waals surface area contributed by atoms with Gasteiger partial charge in [0.15, 0.2) is 0 Å². The second-order valence-corrected chi connectivity index (χ2v) is 13.0. The molecule has 1 amide bonds. The van der Waals surface area contributed by atoms with Crippen molar-refractivity contribution in [3.8, 4) is 0 Å². The minimum absolute atomic E-state index is 0.227. The van der Waals surface area contributed by atoms with E-state index < -0.39 is 16.1 Å². The summed E-state index contributed by atoms with van der Waals surface area (Å²) in [7, 11) is -3.67.